The highest BCUT2D eigenvalue weighted by atomic mass is 16.5. The minimum Gasteiger partial charge on any atom is -0.493 e. The van der Waals surface area contributed by atoms with Crippen molar-refractivity contribution < 1.29 is 9.53 Å². The van der Waals surface area contributed by atoms with E-state index in [1.807, 2.05) is 41.4 Å². The van der Waals surface area contributed by atoms with Crippen molar-refractivity contribution in [2.75, 3.05) is 25.0 Å². The zero-order valence-corrected chi connectivity index (χ0v) is 17.4. The summed E-state index contributed by atoms with van der Waals surface area (Å²) in [5.41, 5.74) is 4.36. The van der Waals surface area contributed by atoms with E-state index in [2.05, 4.69) is 39.6 Å². The minimum atomic E-state index is -0.0731. The van der Waals surface area contributed by atoms with Crippen LogP contribution in [0.25, 0.3) is 6.08 Å². The van der Waals surface area contributed by atoms with Crippen molar-refractivity contribution in [2.24, 2.45) is 0 Å². The van der Waals surface area contributed by atoms with Gasteiger partial charge in [0.1, 0.15) is 5.75 Å². The lowest BCUT2D eigenvalue weighted by Crippen LogP contribution is -2.39. The predicted octanol–water partition coefficient (Wildman–Crippen LogP) is 4.81. The van der Waals surface area contributed by atoms with Gasteiger partial charge in [0.2, 0.25) is 0 Å². The maximum absolute atomic E-state index is 12.4. The van der Waals surface area contributed by atoms with E-state index in [1.165, 1.54) is 11.1 Å². The van der Waals surface area contributed by atoms with E-state index in [0.717, 1.165) is 30.6 Å². The SMILES string of the molecule is O=C(Nc1cccnc1)N1CCC(=Cc2cccc(OCCc3cccnc3)c2)CC1. The third kappa shape index (κ3) is 6.15. The van der Waals surface area contributed by atoms with Crippen molar-refractivity contribution in [3.05, 3.63) is 90.0 Å². The highest BCUT2D eigenvalue weighted by Crippen LogP contribution is 2.22. The number of carbonyl (C=O) groups is 1. The quantitative estimate of drug-likeness (QED) is 0.629. The van der Waals surface area contributed by atoms with E-state index >= 15 is 0 Å². The number of nitrogens with zero attached hydrogens (tertiary/aromatic N) is 3. The van der Waals surface area contributed by atoms with Crippen LogP contribution in [-0.4, -0.2) is 40.6 Å². The fourth-order valence-electron chi connectivity index (χ4n) is 3.54. The van der Waals surface area contributed by atoms with Crippen LogP contribution in [0.15, 0.2) is 78.9 Å². The molecule has 0 unspecified atom stereocenters. The Balaban J connectivity index is 1.27. The fourth-order valence-corrected chi connectivity index (χ4v) is 3.54. The molecule has 1 aromatic carbocycles. The molecule has 1 aliphatic rings. The lowest BCUT2D eigenvalue weighted by atomic mass is 10.0. The summed E-state index contributed by atoms with van der Waals surface area (Å²) in [6, 6.07) is 15.7. The Bertz CT molecular complexity index is 1010. The van der Waals surface area contributed by atoms with E-state index in [1.54, 1.807) is 18.6 Å². The summed E-state index contributed by atoms with van der Waals surface area (Å²) in [6.45, 7) is 2.03. The van der Waals surface area contributed by atoms with E-state index in [9.17, 15) is 4.79 Å². The summed E-state index contributed by atoms with van der Waals surface area (Å²) in [6.07, 6.45) is 11.8. The van der Waals surface area contributed by atoms with Crippen LogP contribution in [0.2, 0.25) is 0 Å². The lowest BCUT2D eigenvalue weighted by Gasteiger charge is -2.28. The average molecular weight is 415 g/mol. The number of amides is 2. The summed E-state index contributed by atoms with van der Waals surface area (Å²) in [7, 11) is 0. The van der Waals surface area contributed by atoms with Gasteiger partial charge in [0.25, 0.3) is 0 Å². The largest absolute Gasteiger partial charge is 0.493 e. The van der Waals surface area contributed by atoms with Gasteiger partial charge in [-0.1, -0.05) is 29.8 Å². The van der Waals surface area contributed by atoms with Crippen molar-refractivity contribution >= 4 is 17.8 Å². The molecule has 1 fully saturated rings. The molecule has 0 bridgehead atoms. The van der Waals surface area contributed by atoms with Crippen LogP contribution in [0.5, 0.6) is 5.75 Å². The number of carbonyl (C=O) groups excluding carboxylic acids is 1. The third-order valence-electron chi connectivity index (χ3n) is 5.22. The maximum Gasteiger partial charge on any atom is 0.321 e. The van der Waals surface area contributed by atoms with Gasteiger partial charge in [-0.15, -0.1) is 0 Å². The number of aromatic nitrogens is 2. The standard InChI is InChI=1S/C25H26N4O2/c30-25(28-23-6-3-12-27-19-23)29-13-8-20(9-14-29)16-22-4-1-7-24(17-22)31-15-10-21-5-2-11-26-18-21/h1-7,11-12,16-19H,8-10,13-15H2,(H,28,30). The number of benzene rings is 1. The van der Waals surface area contributed by atoms with Crippen molar-refractivity contribution in [2.45, 2.75) is 19.3 Å². The molecule has 4 rings (SSSR count). The second kappa shape index (κ2) is 10.4. The molecule has 1 aliphatic heterocycles. The first-order valence-corrected chi connectivity index (χ1v) is 10.5. The predicted molar refractivity (Wildman–Crippen MR) is 122 cm³/mol. The molecule has 6 nitrogen and oxygen atoms in total. The fraction of sp³-hybridized carbons (Fsp3) is 0.240. The number of likely N-dealkylation sites (tertiary alicyclic amines) is 1. The Morgan fingerprint density at radius 1 is 1.03 bits per heavy atom. The molecule has 6 heteroatoms. The van der Waals surface area contributed by atoms with Crippen molar-refractivity contribution in [3.63, 3.8) is 0 Å². The topological polar surface area (TPSA) is 67.4 Å². The average Bonchev–Trinajstić information content (AvgIpc) is 2.81. The van der Waals surface area contributed by atoms with Crippen molar-refractivity contribution in [1.82, 2.24) is 14.9 Å². The second-order valence-electron chi connectivity index (χ2n) is 7.49. The lowest BCUT2D eigenvalue weighted by molar-refractivity contribution is 0.208. The number of piperidine rings is 1. The second-order valence-corrected chi connectivity index (χ2v) is 7.49. The van der Waals surface area contributed by atoms with Crippen LogP contribution in [0.1, 0.15) is 24.0 Å². The van der Waals surface area contributed by atoms with Crippen molar-refractivity contribution in [3.8, 4) is 5.75 Å². The van der Waals surface area contributed by atoms with Crippen LogP contribution in [0, 0.1) is 0 Å². The Hall–Kier alpha value is -3.67. The van der Waals surface area contributed by atoms with Crippen molar-refractivity contribution in [1.29, 1.82) is 0 Å². The van der Waals surface area contributed by atoms with Crippen LogP contribution in [0.4, 0.5) is 10.5 Å². The molecule has 0 radical (unpaired) electrons. The number of pyridine rings is 2. The van der Waals surface area contributed by atoms with E-state index in [0.29, 0.717) is 25.4 Å². The molecular formula is C25H26N4O2. The van der Waals surface area contributed by atoms with Gasteiger partial charge in [0.05, 0.1) is 18.5 Å². The monoisotopic (exact) mass is 414 g/mol. The smallest absolute Gasteiger partial charge is 0.321 e. The zero-order valence-electron chi connectivity index (χ0n) is 17.4. The highest BCUT2D eigenvalue weighted by Gasteiger charge is 2.19. The summed E-state index contributed by atoms with van der Waals surface area (Å²) in [5, 5.41) is 2.90. The molecule has 0 saturated carbocycles. The van der Waals surface area contributed by atoms with Gasteiger partial charge >= 0.3 is 6.03 Å². The molecule has 158 valence electrons. The van der Waals surface area contributed by atoms with Gasteiger partial charge in [-0.3, -0.25) is 9.97 Å². The summed E-state index contributed by atoms with van der Waals surface area (Å²) >= 11 is 0. The number of hydrogen-bond donors (Lipinski definition) is 1. The molecule has 1 N–H and O–H groups in total. The maximum atomic E-state index is 12.4. The number of nitrogens with one attached hydrogen (secondary N) is 1. The summed E-state index contributed by atoms with van der Waals surface area (Å²) in [4.78, 5) is 22.4. The van der Waals surface area contributed by atoms with E-state index in [4.69, 9.17) is 4.74 Å². The summed E-state index contributed by atoms with van der Waals surface area (Å²) in [5.74, 6) is 0.867. The number of hydrogen-bond acceptors (Lipinski definition) is 4. The molecule has 0 spiro atoms. The number of rotatable bonds is 6. The van der Waals surface area contributed by atoms with E-state index in [-0.39, 0.29) is 6.03 Å². The minimum absolute atomic E-state index is 0.0731. The molecule has 1 saturated heterocycles. The van der Waals surface area contributed by atoms with Gasteiger partial charge in [0, 0.05) is 38.1 Å². The molecular weight excluding hydrogens is 388 g/mol. The van der Waals surface area contributed by atoms with Gasteiger partial charge in [-0.05, 0) is 54.3 Å². The van der Waals surface area contributed by atoms with Crippen LogP contribution in [-0.2, 0) is 6.42 Å². The molecule has 2 amide bonds. The van der Waals surface area contributed by atoms with Crippen LogP contribution < -0.4 is 10.1 Å². The molecule has 31 heavy (non-hydrogen) atoms. The zero-order chi connectivity index (χ0) is 21.3. The van der Waals surface area contributed by atoms with Crippen LogP contribution in [0.3, 0.4) is 0 Å². The molecule has 3 aromatic rings. The third-order valence-corrected chi connectivity index (χ3v) is 5.22. The summed E-state index contributed by atoms with van der Waals surface area (Å²) < 4.78 is 5.92. The number of urea groups is 1. The molecule has 3 heterocycles. The van der Waals surface area contributed by atoms with Gasteiger partial charge < -0.3 is 15.0 Å². The van der Waals surface area contributed by atoms with Gasteiger partial charge in [0.15, 0.2) is 0 Å². The highest BCUT2D eigenvalue weighted by molar-refractivity contribution is 5.89. The van der Waals surface area contributed by atoms with Gasteiger partial charge in [-0.2, -0.15) is 0 Å². The normalized spacial score (nSPS) is 13.5. The van der Waals surface area contributed by atoms with Gasteiger partial charge in [-0.25, -0.2) is 4.79 Å². The number of ether oxygens (including phenoxy) is 1. The molecule has 0 aliphatic carbocycles. The Kier molecular flexibility index (Phi) is 6.90. The molecule has 2 aromatic heterocycles. The Labute approximate surface area is 182 Å². The van der Waals surface area contributed by atoms with Crippen LogP contribution >= 0.6 is 0 Å². The Morgan fingerprint density at radius 2 is 1.84 bits per heavy atom. The molecule has 0 atom stereocenters. The number of anilines is 1. The Morgan fingerprint density at radius 3 is 2.58 bits per heavy atom. The van der Waals surface area contributed by atoms with E-state index < -0.39 is 0 Å². The first kappa shape index (κ1) is 20.6. The first-order valence-electron chi connectivity index (χ1n) is 10.5. The first-order chi connectivity index (χ1) is 15.3.